The van der Waals surface area contributed by atoms with Crippen LogP contribution in [0.15, 0.2) is 0 Å². The molecule has 2 N–H and O–H groups in total. The van der Waals surface area contributed by atoms with Gasteiger partial charge in [0.15, 0.2) is 0 Å². The van der Waals surface area contributed by atoms with E-state index in [0.29, 0.717) is 12.3 Å². The molecule has 0 aliphatic heterocycles. The molecule has 0 saturated carbocycles. The monoisotopic (exact) mass is 370 g/mol. The molecular weight excluding hydrogens is 328 g/mol. The van der Waals surface area contributed by atoms with Gasteiger partial charge in [0.1, 0.15) is 0 Å². The fraction of sp³-hybridized carbons (Fsp3) is 0.909. The van der Waals surface area contributed by atoms with Crippen LogP contribution in [0, 0.1) is 23.2 Å². The van der Waals surface area contributed by atoms with E-state index in [4.69, 9.17) is 5.11 Å². The predicted molar refractivity (Wildman–Crippen MR) is 107 cm³/mol. The van der Waals surface area contributed by atoms with Gasteiger partial charge >= 0.3 is 11.9 Å². The third-order valence-electron chi connectivity index (χ3n) is 5.99. The summed E-state index contributed by atoms with van der Waals surface area (Å²) in [5.41, 5.74) is -0.673. The Kier molecular flexibility index (Phi) is 12.6. The maximum Gasteiger partial charge on any atom is 0.310 e. The van der Waals surface area contributed by atoms with Crippen LogP contribution in [0.25, 0.3) is 0 Å². The molecule has 0 fully saturated rings. The first-order valence-electron chi connectivity index (χ1n) is 10.6. The van der Waals surface area contributed by atoms with Gasteiger partial charge in [-0.05, 0) is 37.0 Å². The Labute approximate surface area is 160 Å². The molecule has 0 heterocycles. The average Bonchev–Trinajstić information content (AvgIpc) is 2.54. The summed E-state index contributed by atoms with van der Waals surface area (Å²) in [4.78, 5) is 23.1. The van der Waals surface area contributed by atoms with E-state index in [9.17, 15) is 14.7 Å². The zero-order chi connectivity index (χ0) is 20.2. The van der Waals surface area contributed by atoms with Gasteiger partial charge in [-0.15, -0.1) is 0 Å². The largest absolute Gasteiger partial charge is 0.481 e. The zero-order valence-corrected chi connectivity index (χ0v) is 17.7. The molecule has 0 aliphatic carbocycles. The normalized spacial score (nSPS) is 15.2. The van der Waals surface area contributed by atoms with E-state index in [-0.39, 0.29) is 18.3 Å². The maximum atomic E-state index is 12.4. The van der Waals surface area contributed by atoms with Crippen LogP contribution in [-0.4, -0.2) is 22.2 Å². The summed E-state index contributed by atoms with van der Waals surface area (Å²) in [6.45, 7) is 10.6. The van der Waals surface area contributed by atoms with Gasteiger partial charge in [-0.1, -0.05) is 79.6 Å². The SMILES string of the molecule is CCCCCCCC(C(=O)O)(C(C)C)C(CCCCCC(=O)O)C(C)C. The first-order valence-corrected chi connectivity index (χ1v) is 10.6. The molecule has 0 rings (SSSR count). The van der Waals surface area contributed by atoms with Crippen molar-refractivity contribution in [2.45, 2.75) is 105 Å². The second kappa shape index (κ2) is 13.2. The molecule has 4 nitrogen and oxygen atoms in total. The first-order chi connectivity index (χ1) is 12.2. The van der Waals surface area contributed by atoms with Crippen molar-refractivity contribution in [2.75, 3.05) is 0 Å². The molecule has 0 aliphatic rings. The summed E-state index contributed by atoms with van der Waals surface area (Å²) in [6.07, 6.45) is 9.97. The molecule has 0 amide bonds. The van der Waals surface area contributed by atoms with Gasteiger partial charge in [0, 0.05) is 6.42 Å². The van der Waals surface area contributed by atoms with Gasteiger partial charge in [0.05, 0.1) is 5.41 Å². The Bertz CT molecular complexity index is 403. The predicted octanol–water partition coefficient (Wildman–Crippen LogP) is 6.38. The third kappa shape index (κ3) is 8.09. The first kappa shape index (κ1) is 24.9. The van der Waals surface area contributed by atoms with Crippen molar-refractivity contribution in [1.82, 2.24) is 0 Å². The summed E-state index contributed by atoms with van der Waals surface area (Å²) in [7, 11) is 0. The fourth-order valence-electron chi connectivity index (χ4n) is 4.44. The molecule has 4 heteroatoms. The van der Waals surface area contributed by atoms with Gasteiger partial charge in [-0.3, -0.25) is 9.59 Å². The van der Waals surface area contributed by atoms with Crippen molar-refractivity contribution in [3.63, 3.8) is 0 Å². The van der Waals surface area contributed by atoms with Crippen LogP contribution in [0.3, 0.4) is 0 Å². The Morgan fingerprint density at radius 3 is 1.88 bits per heavy atom. The lowest BCUT2D eigenvalue weighted by atomic mass is 9.60. The third-order valence-corrected chi connectivity index (χ3v) is 5.99. The lowest BCUT2D eigenvalue weighted by molar-refractivity contribution is -0.160. The molecular formula is C22H42O4. The van der Waals surface area contributed by atoms with E-state index in [1.54, 1.807) is 0 Å². The van der Waals surface area contributed by atoms with Crippen LogP contribution in [0.5, 0.6) is 0 Å². The van der Waals surface area contributed by atoms with E-state index in [1.807, 2.05) is 0 Å². The summed E-state index contributed by atoms with van der Waals surface area (Å²) in [5, 5.41) is 19.0. The average molecular weight is 371 g/mol. The second-order valence-electron chi connectivity index (χ2n) is 8.51. The number of hydrogen-bond acceptors (Lipinski definition) is 2. The Balaban J connectivity index is 5.05. The molecule has 0 saturated heterocycles. The smallest absolute Gasteiger partial charge is 0.310 e. The number of carbonyl (C=O) groups is 2. The van der Waals surface area contributed by atoms with Crippen molar-refractivity contribution in [3.05, 3.63) is 0 Å². The van der Waals surface area contributed by atoms with Gasteiger partial charge in [0.25, 0.3) is 0 Å². The minimum Gasteiger partial charge on any atom is -0.481 e. The number of hydrogen-bond donors (Lipinski definition) is 2. The van der Waals surface area contributed by atoms with Gasteiger partial charge in [-0.25, -0.2) is 0 Å². The fourth-order valence-corrected chi connectivity index (χ4v) is 4.44. The van der Waals surface area contributed by atoms with E-state index < -0.39 is 17.4 Å². The van der Waals surface area contributed by atoms with Crippen molar-refractivity contribution < 1.29 is 19.8 Å². The van der Waals surface area contributed by atoms with E-state index >= 15 is 0 Å². The van der Waals surface area contributed by atoms with Crippen LogP contribution in [-0.2, 0) is 9.59 Å². The van der Waals surface area contributed by atoms with E-state index in [2.05, 4.69) is 34.6 Å². The summed E-state index contributed by atoms with van der Waals surface area (Å²) in [6, 6.07) is 0. The van der Waals surface area contributed by atoms with Gasteiger partial charge < -0.3 is 10.2 Å². The lowest BCUT2D eigenvalue weighted by Gasteiger charge is -2.43. The highest BCUT2D eigenvalue weighted by molar-refractivity contribution is 5.75. The summed E-state index contributed by atoms with van der Waals surface area (Å²) >= 11 is 0. The summed E-state index contributed by atoms with van der Waals surface area (Å²) < 4.78 is 0. The molecule has 0 spiro atoms. The molecule has 2 atom stereocenters. The van der Waals surface area contributed by atoms with Crippen molar-refractivity contribution >= 4 is 11.9 Å². The number of carboxylic acids is 2. The van der Waals surface area contributed by atoms with Crippen LogP contribution in [0.1, 0.15) is 105 Å². The van der Waals surface area contributed by atoms with Crippen LogP contribution in [0.4, 0.5) is 0 Å². The Morgan fingerprint density at radius 1 is 0.846 bits per heavy atom. The molecule has 0 bridgehead atoms. The van der Waals surface area contributed by atoms with Crippen LogP contribution in [0.2, 0.25) is 0 Å². The summed E-state index contributed by atoms with van der Waals surface area (Å²) in [5.74, 6) is -0.857. The van der Waals surface area contributed by atoms with Crippen LogP contribution >= 0.6 is 0 Å². The highest BCUT2D eigenvalue weighted by atomic mass is 16.4. The molecule has 154 valence electrons. The lowest BCUT2D eigenvalue weighted by Crippen LogP contribution is -2.45. The minimum atomic E-state index is -0.750. The molecule has 26 heavy (non-hydrogen) atoms. The molecule has 0 aromatic heterocycles. The quantitative estimate of drug-likeness (QED) is 0.309. The molecule has 0 radical (unpaired) electrons. The zero-order valence-electron chi connectivity index (χ0n) is 17.7. The van der Waals surface area contributed by atoms with E-state index in [1.165, 1.54) is 19.3 Å². The Morgan fingerprint density at radius 2 is 1.42 bits per heavy atom. The minimum absolute atomic E-state index is 0.0950. The second-order valence-corrected chi connectivity index (χ2v) is 8.51. The number of aliphatic carboxylic acids is 2. The maximum absolute atomic E-state index is 12.4. The highest BCUT2D eigenvalue weighted by Crippen LogP contribution is 2.47. The molecule has 2 unspecified atom stereocenters. The molecule has 0 aromatic rings. The van der Waals surface area contributed by atoms with Crippen LogP contribution < -0.4 is 0 Å². The standard InChI is InChI=1S/C22H42O4/c1-6-7-8-9-13-16-22(18(4)5,21(25)26)19(17(2)3)14-11-10-12-15-20(23)24/h17-19H,6-16H2,1-5H3,(H,23,24)(H,25,26). The van der Waals surface area contributed by atoms with Gasteiger partial charge in [-0.2, -0.15) is 0 Å². The number of unbranched alkanes of at least 4 members (excludes halogenated alkanes) is 6. The van der Waals surface area contributed by atoms with Gasteiger partial charge in [0.2, 0.25) is 0 Å². The topological polar surface area (TPSA) is 74.6 Å². The number of rotatable bonds is 16. The Hall–Kier alpha value is -1.06. The molecule has 0 aromatic carbocycles. The van der Waals surface area contributed by atoms with Crippen molar-refractivity contribution in [1.29, 1.82) is 0 Å². The highest BCUT2D eigenvalue weighted by Gasteiger charge is 2.48. The van der Waals surface area contributed by atoms with Crippen molar-refractivity contribution in [3.8, 4) is 0 Å². The van der Waals surface area contributed by atoms with E-state index in [0.717, 1.165) is 38.5 Å². The van der Waals surface area contributed by atoms with Crippen molar-refractivity contribution in [2.24, 2.45) is 23.2 Å². The number of carboxylic acid groups (broad SMARTS) is 2.